The van der Waals surface area contributed by atoms with Crippen LogP contribution < -0.4 is 9.84 Å². The van der Waals surface area contributed by atoms with Crippen LogP contribution in [0.2, 0.25) is 0 Å². The van der Waals surface area contributed by atoms with Crippen LogP contribution in [0.1, 0.15) is 16.1 Å². The quantitative estimate of drug-likeness (QED) is 0.677. The zero-order valence-corrected chi connectivity index (χ0v) is 7.03. The number of hydrogen-bond donors (Lipinski definition) is 0. The molecule has 0 saturated carbocycles. The van der Waals surface area contributed by atoms with E-state index in [1.54, 1.807) is 0 Å². The van der Waals surface area contributed by atoms with Crippen molar-refractivity contribution in [2.24, 2.45) is 0 Å². The molecule has 1 aromatic heterocycles. The van der Waals surface area contributed by atoms with E-state index in [-0.39, 0.29) is 5.56 Å². The number of carboxylic acid groups (broad SMARTS) is 1. The smallest absolute Gasteiger partial charge is 0.388 e. The Balaban J connectivity index is 3.07. The molecule has 0 aliphatic rings. The molecule has 0 atom stereocenters. The van der Waals surface area contributed by atoms with Gasteiger partial charge in [0.15, 0.2) is 0 Å². The van der Waals surface area contributed by atoms with Crippen LogP contribution in [0.3, 0.4) is 0 Å². The molecule has 7 heteroatoms. The first-order valence-electron chi connectivity index (χ1n) is 3.50. The first-order chi connectivity index (χ1) is 6.52. The van der Waals surface area contributed by atoms with Crippen LogP contribution >= 0.6 is 0 Å². The van der Waals surface area contributed by atoms with E-state index in [1.165, 1.54) is 6.92 Å². The first kappa shape index (κ1) is 10.3. The van der Waals surface area contributed by atoms with Gasteiger partial charge >= 0.3 is 6.61 Å². The van der Waals surface area contributed by atoms with E-state index in [0.717, 1.165) is 6.33 Å². The Morgan fingerprint density at radius 2 is 2.21 bits per heavy atom. The fourth-order valence-electron chi connectivity index (χ4n) is 0.843. The molecule has 0 unspecified atom stereocenters. The maximum Gasteiger partial charge on any atom is 0.388 e. The summed E-state index contributed by atoms with van der Waals surface area (Å²) < 4.78 is 27.5. The summed E-state index contributed by atoms with van der Waals surface area (Å²) >= 11 is 0. The number of nitrogens with zero attached hydrogens (tertiary/aromatic N) is 2. The summed E-state index contributed by atoms with van der Waals surface area (Å²) in [4.78, 5) is 17.1. The average Bonchev–Trinajstić information content (AvgIpc) is 2.07. The van der Waals surface area contributed by atoms with Gasteiger partial charge in [-0.25, -0.2) is 9.97 Å². The van der Waals surface area contributed by atoms with Crippen LogP contribution in [0.5, 0.6) is 5.88 Å². The SMILES string of the molecule is Cc1c(OC(F)F)ncnc1C(=O)[O-]. The summed E-state index contributed by atoms with van der Waals surface area (Å²) in [5.74, 6) is -2.03. The van der Waals surface area contributed by atoms with Crippen molar-refractivity contribution < 1.29 is 23.4 Å². The largest absolute Gasteiger partial charge is 0.543 e. The lowest BCUT2D eigenvalue weighted by Crippen LogP contribution is -2.25. The van der Waals surface area contributed by atoms with Gasteiger partial charge in [0.25, 0.3) is 0 Å². The van der Waals surface area contributed by atoms with E-state index in [9.17, 15) is 18.7 Å². The van der Waals surface area contributed by atoms with Gasteiger partial charge in [0, 0.05) is 5.56 Å². The van der Waals surface area contributed by atoms with Gasteiger partial charge in [-0.1, -0.05) is 0 Å². The van der Waals surface area contributed by atoms with Gasteiger partial charge in [0.1, 0.15) is 6.33 Å². The van der Waals surface area contributed by atoms with E-state index in [0.29, 0.717) is 0 Å². The van der Waals surface area contributed by atoms with E-state index >= 15 is 0 Å². The van der Waals surface area contributed by atoms with Gasteiger partial charge in [-0.15, -0.1) is 0 Å². The molecule has 0 aliphatic carbocycles. The highest BCUT2D eigenvalue weighted by atomic mass is 19.3. The zero-order chi connectivity index (χ0) is 10.7. The van der Waals surface area contributed by atoms with E-state index in [4.69, 9.17) is 0 Å². The summed E-state index contributed by atoms with van der Waals surface area (Å²) in [6.45, 7) is -1.80. The minimum atomic E-state index is -3.06. The summed E-state index contributed by atoms with van der Waals surface area (Å²) in [7, 11) is 0. The first-order valence-corrected chi connectivity index (χ1v) is 3.50. The van der Waals surface area contributed by atoms with Gasteiger partial charge in [-0.3, -0.25) is 0 Å². The topological polar surface area (TPSA) is 75.1 Å². The predicted molar refractivity (Wildman–Crippen MR) is 37.7 cm³/mol. The maximum absolute atomic E-state index is 11.8. The molecule has 5 nitrogen and oxygen atoms in total. The molecule has 14 heavy (non-hydrogen) atoms. The summed E-state index contributed by atoms with van der Waals surface area (Å²) in [6, 6.07) is 0. The number of carbonyl (C=O) groups excluding carboxylic acids is 1. The highest BCUT2D eigenvalue weighted by molar-refractivity contribution is 5.85. The zero-order valence-electron chi connectivity index (χ0n) is 7.03. The molecule has 0 saturated heterocycles. The number of carboxylic acids is 1. The minimum Gasteiger partial charge on any atom is -0.543 e. The number of rotatable bonds is 3. The lowest BCUT2D eigenvalue weighted by Gasteiger charge is -2.09. The molecule has 76 valence electrons. The summed E-state index contributed by atoms with van der Waals surface area (Å²) in [5, 5.41) is 10.4. The molecule has 1 heterocycles. The molecular formula is C7H5F2N2O3-. The molecule has 0 amide bonds. The van der Waals surface area contributed by atoms with E-state index in [1.807, 2.05) is 0 Å². The number of aromatic carboxylic acids is 1. The normalized spacial score (nSPS) is 10.3. The fraction of sp³-hybridized carbons (Fsp3) is 0.286. The predicted octanol–water partition coefficient (Wildman–Crippen LogP) is -0.250. The fourth-order valence-corrected chi connectivity index (χ4v) is 0.843. The molecule has 0 aliphatic heterocycles. The number of aromatic nitrogens is 2. The van der Waals surface area contributed by atoms with Crippen LogP contribution in [-0.4, -0.2) is 22.5 Å². The van der Waals surface area contributed by atoms with Crippen LogP contribution in [0, 0.1) is 6.92 Å². The molecule has 1 rings (SSSR count). The Kier molecular flexibility index (Phi) is 2.90. The van der Waals surface area contributed by atoms with Crippen molar-refractivity contribution in [1.29, 1.82) is 0 Å². The van der Waals surface area contributed by atoms with Gasteiger partial charge in [0.05, 0.1) is 11.7 Å². The molecule has 0 bridgehead atoms. The van der Waals surface area contributed by atoms with Crippen LogP contribution in [-0.2, 0) is 0 Å². The Morgan fingerprint density at radius 1 is 1.57 bits per heavy atom. The van der Waals surface area contributed by atoms with Crippen molar-refractivity contribution in [2.75, 3.05) is 0 Å². The average molecular weight is 203 g/mol. The molecule has 0 fully saturated rings. The molecule has 0 N–H and O–H groups in total. The Morgan fingerprint density at radius 3 is 2.71 bits per heavy atom. The Labute approximate surface area is 77.4 Å². The second-order valence-corrected chi connectivity index (χ2v) is 2.32. The minimum absolute atomic E-state index is 0.0900. The Hall–Kier alpha value is -1.79. The van der Waals surface area contributed by atoms with Crippen LogP contribution in [0.15, 0.2) is 6.33 Å². The molecule has 0 aromatic carbocycles. The third-order valence-corrected chi connectivity index (χ3v) is 1.43. The van der Waals surface area contributed by atoms with Gasteiger partial charge in [0.2, 0.25) is 5.88 Å². The number of hydrogen-bond acceptors (Lipinski definition) is 5. The van der Waals surface area contributed by atoms with Gasteiger partial charge in [-0.05, 0) is 6.92 Å². The highest BCUT2D eigenvalue weighted by Gasteiger charge is 2.12. The standard InChI is InChI=1S/C7H6F2N2O3/c1-3-4(6(12)13)10-2-11-5(3)14-7(8)9/h2,7H,1H3,(H,12,13)/p-1. The third-order valence-electron chi connectivity index (χ3n) is 1.43. The summed E-state index contributed by atoms with van der Waals surface area (Å²) in [5.41, 5.74) is -0.552. The van der Waals surface area contributed by atoms with Crippen LogP contribution in [0.25, 0.3) is 0 Å². The second kappa shape index (κ2) is 3.95. The summed E-state index contributed by atoms with van der Waals surface area (Å²) in [6.07, 6.45) is 0.815. The Bertz CT molecular complexity index is 357. The molecule has 1 aromatic rings. The highest BCUT2D eigenvalue weighted by Crippen LogP contribution is 2.17. The monoisotopic (exact) mass is 203 g/mol. The number of carbonyl (C=O) groups is 1. The number of ether oxygens (including phenoxy) is 1. The molecule has 0 spiro atoms. The second-order valence-electron chi connectivity index (χ2n) is 2.32. The van der Waals surface area contributed by atoms with Crippen molar-refractivity contribution in [3.05, 3.63) is 17.6 Å². The van der Waals surface area contributed by atoms with Gasteiger partial charge < -0.3 is 14.6 Å². The van der Waals surface area contributed by atoms with E-state index in [2.05, 4.69) is 14.7 Å². The van der Waals surface area contributed by atoms with Gasteiger partial charge in [-0.2, -0.15) is 8.78 Å². The van der Waals surface area contributed by atoms with E-state index < -0.39 is 24.2 Å². The number of halogens is 2. The van der Waals surface area contributed by atoms with Crippen molar-refractivity contribution >= 4 is 5.97 Å². The van der Waals surface area contributed by atoms with Crippen molar-refractivity contribution in [3.63, 3.8) is 0 Å². The van der Waals surface area contributed by atoms with Crippen molar-refractivity contribution in [1.82, 2.24) is 9.97 Å². The van der Waals surface area contributed by atoms with Crippen molar-refractivity contribution in [3.8, 4) is 5.88 Å². The number of alkyl halides is 2. The third kappa shape index (κ3) is 2.12. The lowest BCUT2D eigenvalue weighted by molar-refractivity contribution is -0.255. The maximum atomic E-state index is 11.8. The lowest BCUT2D eigenvalue weighted by atomic mass is 10.2. The molecule has 0 radical (unpaired) electrons. The van der Waals surface area contributed by atoms with Crippen LogP contribution in [0.4, 0.5) is 8.78 Å². The molecular weight excluding hydrogens is 198 g/mol. The van der Waals surface area contributed by atoms with Crippen molar-refractivity contribution in [2.45, 2.75) is 13.5 Å².